The Morgan fingerprint density at radius 2 is 2.32 bits per heavy atom. The van der Waals surface area contributed by atoms with Crippen LogP contribution in [0.3, 0.4) is 0 Å². The lowest BCUT2D eigenvalue weighted by atomic mass is 10.1. The van der Waals surface area contributed by atoms with E-state index in [0.717, 1.165) is 0 Å². The van der Waals surface area contributed by atoms with Crippen LogP contribution >= 0.6 is 11.6 Å². The maximum atomic E-state index is 13.6. The minimum absolute atomic E-state index is 0.0622. The first-order valence-electron chi connectivity index (χ1n) is 8.22. The molecule has 0 saturated carbocycles. The minimum Gasteiger partial charge on any atom is -0.385 e. The Bertz CT molecular complexity index is 615. The Morgan fingerprint density at radius 1 is 1.52 bits per heavy atom. The predicted molar refractivity (Wildman–Crippen MR) is 92.7 cm³/mol. The molecule has 0 bridgehead atoms. The molecule has 1 saturated heterocycles. The first kappa shape index (κ1) is 19.6. The van der Waals surface area contributed by atoms with Gasteiger partial charge >= 0.3 is 0 Å². The molecule has 0 radical (unpaired) electrons. The largest absolute Gasteiger partial charge is 0.385 e. The Balaban J connectivity index is 1.96. The number of hydrogen-bond acceptors (Lipinski definition) is 4. The van der Waals surface area contributed by atoms with E-state index in [0.29, 0.717) is 44.8 Å². The quantitative estimate of drug-likeness (QED) is 0.676. The van der Waals surface area contributed by atoms with Gasteiger partial charge in [0.2, 0.25) is 11.8 Å². The average molecular weight is 372 g/mol. The van der Waals surface area contributed by atoms with Crippen molar-refractivity contribution >= 4 is 23.4 Å². The second-order valence-corrected chi connectivity index (χ2v) is 6.33. The molecule has 1 aliphatic heterocycles. The van der Waals surface area contributed by atoms with Gasteiger partial charge in [0.1, 0.15) is 5.82 Å². The molecule has 25 heavy (non-hydrogen) atoms. The Labute approximate surface area is 151 Å². The molecule has 2 N–H and O–H groups in total. The van der Waals surface area contributed by atoms with Crippen molar-refractivity contribution in [3.63, 3.8) is 0 Å². The van der Waals surface area contributed by atoms with Crippen LogP contribution in [-0.2, 0) is 20.9 Å². The zero-order valence-electron chi connectivity index (χ0n) is 14.2. The van der Waals surface area contributed by atoms with E-state index in [4.69, 9.17) is 16.3 Å². The van der Waals surface area contributed by atoms with Crippen molar-refractivity contribution in [3.05, 3.63) is 34.6 Å². The van der Waals surface area contributed by atoms with Crippen molar-refractivity contribution in [2.75, 3.05) is 33.4 Å². The minimum atomic E-state index is -0.574. The summed E-state index contributed by atoms with van der Waals surface area (Å²) >= 11 is 5.70. The third-order valence-electron chi connectivity index (χ3n) is 4.04. The lowest BCUT2D eigenvalue weighted by Gasteiger charge is -2.34. The summed E-state index contributed by atoms with van der Waals surface area (Å²) in [6.45, 7) is 2.55. The number of amides is 2. The molecule has 1 heterocycles. The van der Waals surface area contributed by atoms with Gasteiger partial charge in [0.25, 0.3) is 0 Å². The molecule has 8 heteroatoms. The second kappa shape index (κ2) is 9.70. The maximum Gasteiger partial charge on any atom is 0.237 e. The average Bonchev–Trinajstić information content (AvgIpc) is 2.58. The zero-order valence-corrected chi connectivity index (χ0v) is 14.9. The Hall–Kier alpha value is -1.70. The number of halogens is 2. The number of ether oxygens (including phenoxy) is 1. The van der Waals surface area contributed by atoms with Crippen LogP contribution in [0.2, 0.25) is 5.02 Å². The number of benzene rings is 1. The lowest BCUT2D eigenvalue weighted by Crippen LogP contribution is -2.56. The fraction of sp³-hybridized carbons (Fsp3) is 0.529. The third kappa shape index (κ3) is 5.95. The van der Waals surface area contributed by atoms with Crippen LogP contribution in [0.1, 0.15) is 18.4 Å². The smallest absolute Gasteiger partial charge is 0.237 e. The van der Waals surface area contributed by atoms with Crippen LogP contribution in [0.15, 0.2) is 18.2 Å². The first-order chi connectivity index (χ1) is 12.0. The fourth-order valence-corrected chi connectivity index (χ4v) is 2.86. The molecule has 1 atom stereocenters. The van der Waals surface area contributed by atoms with Crippen LogP contribution < -0.4 is 10.6 Å². The first-order valence-corrected chi connectivity index (χ1v) is 8.60. The standard InChI is InChI=1S/C17H23ClFN3O3/c1-25-8-2-5-20-16(23)10-15-17(24)21-6-7-22(15)11-12-3-4-13(18)14(19)9-12/h3-4,9,15H,2,5-8,10-11H2,1H3,(H,20,23)(H,21,24)/t15-/m1/s1. The van der Waals surface area contributed by atoms with Crippen LogP contribution in [0.25, 0.3) is 0 Å². The van der Waals surface area contributed by atoms with E-state index in [2.05, 4.69) is 10.6 Å². The van der Waals surface area contributed by atoms with Crippen molar-refractivity contribution in [2.24, 2.45) is 0 Å². The maximum absolute atomic E-state index is 13.6. The van der Waals surface area contributed by atoms with Crippen LogP contribution in [-0.4, -0.2) is 56.1 Å². The van der Waals surface area contributed by atoms with Gasteiger partial charge in [-0.05, 0) is 24.1 Å². The van der Waals surface area contributed by atoms with Gasteiger partial charge in [-0.2, -0.15) is 0 Å². The van der Waals surface area contributed by atoms with Gasteiger partial charge in [-0.1, -0.05) is 17.7 Å². The third-order valence-corrected chi connectivity index (χ3v) is 4.34. The molecule has 0 spiro atoms. The van der Waals surface area contributed by atoms with Gasteiger partial charge in [0.05, 0.1) is 17.5 Å². The Morgan fingerprint density at radius 3 is 3.04 bits per heavy atom. The molecule has 1 fully saturated rings. The molecule has 138 valence electrons. The summed E-state index contributed by atoms with van der Waals surface area (Å²) in [5, 5.41) is 5.62. The molecule has 1 aromatic carbocycles. The zero-order chi connectivity index (χ0) is 18.2. The topological polar surface area (TPSA) is 70.7 Å². The highest BCUT2D eigenvalue weighted by Gasteiger charge is 2.31. The highest BCUT2D eigenvalue weighted by Crippen LogP contribution is 2.19. The van der Waals surface area contributed by atoms with E-state index < -0.39 is 11.9 Å². The van der Waals surface area contributed by atoms with Crippen molar-refractivity contribution in [2.45, 2.75) is 25.4 Å². The summed E-state index contributed by atoms with van der Waals surface area (Å²) in [6, 6.07) is 4.00. The van der Waals surface area contributed by atoms with Gasteiger partial charge in [-0.15, -0.1) is 0 Å². The predicted octanol–water partition coefficient (Wildman–Crippen LogP) is 1.32. The van der Waals surface area contributed by atoms with E-state index in [-0.39, 0.29) is 23.3 Å². The number of rotatable bonds is 8. The number of carbonyl (C=O) groups excluding carboxylic acids is 2. The normalized spacial score (nSPS) is 18.0. The van der Waals surface area contributed by atoms with Crippen molar-refractivity contribution in [1.29, 1.82) is 0 Å². The lowest BCUT2D eigenvalue weighted by molar-refractivity contribution is -0.134. The number of methoxy groups -OCH3 is 1. The monoisotopic (exact) mass is 371 g/mol. The van der Waals surface area contributed by atoms with Crippen molar-refractivity contribution in [1.82, 2.24) is 15.5 Å². The van der Waals surface area contributed by atoms with Gasteiger partial charge in [0.15, 0.2) is 0 Å². The summed E-state index contributed by atoms with van der Waals surface area (Å²) in [5.41, 5.74) is 0.710. The number of nitrogens with one attached hydrogen (secondary N) is 2. The van der Waals surface area contributed by atoms with E-state index >= 15 is 0 Å². The number of carbonyl (C=O) groups is 2. The molecule has 0 aliphatic carbocycles. The fourth-order valence-electron chi connectivity index (χ4n) is 2.74. The summed E-state index contributed by atoms with van der Waals surface area (Å²) in [5.74, 6) is -0.869. The van der Waals surface area contributed by atoms with Crippen molar-refractivity contribution < 1.29 is 18.7 Å². The molecule has 1 aromatic rings. The number of hydrogen-bond donors (Lipinski definition) is 2. The summed E-state index contributed by atoms with van der Waals surface area (Å²) in [7, 11) is 1.60. The van der Waals surface area contributed by atoms with Crippen LogP contribution in [0.5, 0.6) is 0 Å². The van der Waals surface area contributed by atoms with Gasteiger partial charge in [0, 0.05) is 39.9 Å². The van der Waals surface area contributed by atoms with E-state index in [1.54, 1.807) is 13.2 Å². The van der Waals surface area contributed by atoms with Gasteiger partial charge in [-0.3, -0.25) is 14.5 Å². The summed E-state index contributed by atoms with van der Waals surface area (Å²) < 4.78 is 18.5. The molecule has 2 amide bonds. The van der Waals surface area contributed by atoms with E-state index in [1.165, 1.54) is 12.1 Å². The Kier molecular flexibility index (Phi) is 7.61. The molecular formula is C17H23ClFN3O3. The molecule has 0 aromatic heterocycles. The molecule has 0 unspecified atom stereocenters. The molecular weight excluding hydrogens is 349 g/mol. The summed E-state index contributed by atoms with van der Waals surface area (Å²) in [6.07, 6.45) is 0.780. The molecule has 2 rings (SSSR count). The number of nitrogens with zero attached hydrogens (tertiary/aromatic N) is 1. The highest BCUT2D eigenvalue weighted by atomic mass is 35.5. The van der Waals surface area contributed by atoms with Gasteiger partial charge < -0.3 is 15.4 Å². The SMILES string of the molecule is COCCCNC(=O)C[C@@H]1C(=O)NCCN1Cc1ccc(Cl)c(F)c1. The molecule has 1 aliphatic rings. The highest BCUT2D eigenvalue weighted by molar-refractivity contribution is 6.30. The summed E-state index contributed by atoms with van der Waals surface area (Å²) in [4.78, 5) is 26.1. The second-order valence-electron chi connectivity index (χ2n) is 5.93. The van der Waals surface area contributed by atoms with Gasteiger partial charge in [-0.25, -0.2) is 4.39 Å². The van der Waals surface area contributed by atoms with Crippen LogP contribution in [0, 0.1) is 5.82 Å². The van der Waals surface area contributed by atoms with E-state index in [9.17, 15) is 14.0 Å². The number of piperazine rings is 1. The van der Waals surface area contributed by atoms with E-state index in [1.807, 2.05) is 4.90 Å². The van der Waals surface area contributed by atoms with Crippen LogP contribution in [0.4, 0.5) is 4.39 Å². The van der Waals surface area contributed by atoms with Crippen molar-refractivity contribution in [3.8, 4) is 0 Å². The molecule has 6 nitrogen and oxygen atoms in total.